The lowest BCUT2D eigenvalue weighted by atomic mass is 10.1. The van der Waals surface area contributed by atoms with E-state index in [4.69, 9.17) is 4.74 Å². The Bertz CT molecular complexity index is 1110. The number of nitrogens with one attached hydrogen (secondary N) is 1. The first kappa shape index (κ1) is 19.2. The summed E-state index contributed by atoms with van der Waals surface area (Å²) in [6.07, 6.45) is 1.47. The second-order valence-corrected chi connectivity index (χ2v) is 6.97. The molecule has 1 aliphatic rings. The van der Waals surface area contributed by atoms with Gasteiger partial charge in [-0.3, -0.25) is 9.59 Å². The molecule has 0 aliphatic carbocycles. The number of aromatic amines is 1. The first-order valence-corrected chi connectivity index (χ1v) is 9.35. The third-order valence-corrected chi connectivity index (χ3v) is 4.90. The molecule has 1 saturated heterocycles. The molecule has 6 nitrogen and oxygen atoms in total. The van der Waals surface area contributed by atoms with Gasteiger partial charge in [0.2, 0.25) is 0 Å². The second kappa shape index (κ2) is 8.08. The average molecular weight is 399 g/mol. The van der Waals surface area contributed by atoms with E-state index in [1.54, 1.807) is 24.3 Å². The zero-order valence-corrected chi connectivity index (χ0v) is 15.5. The van der Waals surface area contributed by atoms with Crippen LogP contribution in [0.2, 0.25) is 0 Å². The molecule has 1 fully saturated rings. The van der Waals surface area contributed by atoms with Crippen LogP contribution in [0, 0.1) is 11.6 Å². The van der Waals surface area contributed by atoms with E-state index < -0.39 is 17.5 Å². The maximum atomic E-state index is 14.2. The summed E-state index contributed by atoms with van der Waals surface area (Å²) in [5, 5.41) is 0.442. The number of nitrogens with zero attached hydrogens (tertiary/aromatic N) is 2. The molecule has 3 aromatic rings. The molecule has 1 unspecified atom stereocenters. The molecule has 1 atom stereocenters. The van der Waals surface area contributed by atoms with Gasteiger partial charge in [0.25, 0.3) is 11.5 Å². The number of carbonyl (C=O) groups excluding carboxylic acids is 1. The second-order valence-electron chi connectivity index (χ2n) is 6.97. The highest BCUT2D eigenvalue weighted by Gasteiger charge is 2.26. The highest BCUT2D eigenvalue weighted by atomic mass is 19.1. The number of benzene rings is 2. The lowest BCUT2D eigenvalue weighted by Gasteiger charge is -2.25. The molecule has 2 aromatic carbocycles. The highest BCUT2D eigenvalue weighted by Crippen LogP contribution is 2.19. The van der Waals surface area contributed by atoms with E-state index in [-0.39, 0.29) is 36.1 Å². The highest BCUT2D eigenvalue weighted by molar-refractivity contribution is 5.94. The number of halogens is 2. The summed E-state index contributed by atoms with van der Waals surface area (Å²) < 4.78 is 33.0. The first-order chi connectivity index (χ1) is 14.0. The van der Waals surface area contributed by atoms with Gasteiger partial charge in [0.15, 0.2) is 0 Å². The van der Waals surface area contributed by atoms with Crippen LogP contribution in [0.25, 0.3) is 10.9 Å². The molecule has 2 heterocycles. The van der Waals surface area contributed by atoms with E-state index in [1.165, 1.54) is 4.90 Å². The van der Waals surface area contributed by atoms with Crippen LogP contribution in [-0.2, 0) is 11.3 Å². The third kappa shape index (κ3) is 4.17. The van der Waals surface area contributed by atoms with Gasteiger partial charge in [-0.25, -0.2) is 13.8 Å². The van der Waals surface area contributed by atoms with Crippen LogP contribution in [0.4, 0.5) is 8.78 Å². The Kier molecular flexibility index (Phi) is 5.35. The molecule has 0 saturated carbocycles. The number of carbonyl (C=O) groups is 1. The average Bonchev–Trinajstić information content (AvgIpc) is 3.20. The van der Waals surface area contributed by atoms with Crippen molar-refractivity contribution in [1.82, 2.24) is 14.9 Å². The van der Waals surface area contributed by atoms with E-state index >= 15 is 0 Å². The van der Waals surface area contributed by atoms with E-state index in [2.05, 4.69) is 9.97 Å². The summed E-state index contributed by atoms with van der Waals surface area (Å²) in [4.78, 5) is 33.8. The fraction of sp³-hybridized carbons (Fsp3) is 0.286. The van der Waals surface area contributed by atoms with Crippen LogP contribution in [-0.4, -0.2) is 40.0 Å². The van der Waals surface area contributed by atoms with Gasteiger partial charge in [-0.2, -0.15) is 0 Å². The molecule has 1 aliphatic heterocycles. The molecule has 29 heavy (non-hydrogen) atoms. The molecule has 1 amide bonds. The first-order valence-electron chi connectivity index (χ1n) is 9.35. The van der Waals surface area contributed by atoms with Gasteiger partial charge < -0.3 is 14.6 Å². The number of hydrogen-bond donors (Lipinski definition) is 1. The number of amides is 1. The van der Waals surface area contributed by atoms with Crippen LogP contribution in [0.3, 0.4) is 0 Å². The summed E-state index contributed by atoms with van der Waals surface area (Å²) in [6.45, 7) is 0.782. The summed E-state index contributed by atoms with van der Waals surface area (Å²) in [6, 6.07) is 9.70. The zero-order chi connectivity index (χ0) is 20.4. The number of hydrogen-bond acceptors (Lipinski definition) is 4. The van der Waals surface area contributed by atoms with Crippen LogP contribution in [0.1, 0.15) is 29.0 Å². The Balaban J connectivity index is 1.67. The number of aromatic nitrogens is 2. The van der Waals surface area contributed by atoms with E-state index in [9.17, 15) is 18.4 Å². The SMILES string of the molecule is O=C(c1ccc(F)cc1F)N(Cc1nc2ccccc2c(=O)[nH]1)CC1CCCO1. The van der Waals surface area contributed by atoms with Gasteiger partial charge in [0.05, 0.1) is 29.1 Å². The largest absolute Gasteiger partial charge is 0.376 e. The minimum atomic E-state index is -0.938. The number of fused-ring (bicyclic) bond motifs is 1. The number of H-pyrrole nitrogens is 1. The van der Waals surface area contributed by atoms with Gasteiger partial charge >= 0.3 is 0 Å². The van der Waals surface area contributed by atoms with Gasteiger partial charge in [-0.1, -0.05) is 12.1 Å². The van der Waals surface area contributed by atoms with Gasteiger partial charge in [0.1, 0.15) is 17.5 Å². The lowest BCUT2D eigenvalue weighted by molar-refractivity contribution is 0.0497. The van der Waals surface area contributed by atoms with Gasteiger partial charge in [-0.05, 0) is 37.1 Å². The maximum absolute atomic E-state index is 14.2. The standard InChI is InChI=1S/C21H19F2N3O3/c22-13-7-8-15(17(23)10-13)21(28)26(11-14-4-3-9-29-14)12-19-24-18-6-2-1-5-16(18)20(27)25-19/h1-2,5-8,10,14H,3-4,9,11-12H2,(H,24,25,27). The molecule has 4 rings (SSSR count). The molecule has 0 radical (unpaired) electrons. The monoisotopic (exact) mass is 399 g/mol. The van der Waals surface area contributed by atoms with Crippen molar-refractivity contribution in [2.75, 3.05) is 13.2 Å². The van der Waals surface area contributed by atoms with E-state index in [0.29, 0.717) is 23.6 Å². The molecule has 150 valence electrons. The maximum Gasteiger partial charge on any atom is 0.258 e. The summed E-state index contributed by atoms with van der Waals surface area (Å²) in [7, 11) is 0. The molecule has 0 bridgehead atoms. The van der Waals surface area contributed by atoms with E-state index in [0.717, 1.165) is 25.0 Å². The van der Waals surface area contributed by atoms with Crippen LogP contribution >= 0.6 is 0 Å². The van der Waals surface area contributed by atoms with Crippen molar-refractivity contribution in [2.45, 2.75) is 25.5 Å². The molecule has 1 aromatic heterocycles. The van der Waals surface area contributed by atoms with Crippen molar-refractivity contribution < 1.29 is 18.3 Å². The Morgan fingerprint density at radius 2 is 2.07 bits per heavy atom. The molecular weight excluding hydrogens is 380 g/mol. The zero-order valence-electron chi connectivity index (χ0n) is 15.5. The van der Waals surface area contributed by atoms with Gasteiger partial charge in [0, 0.05) is 19.2 Å². The van der Waals surface area contributed by atoms with Crippen LogP contribution in [0.15, 0.2) is 47.3 Å². The summed E-state index contributed by atoms with van der Waals surface area (Å²) >= 11 is 0. The van der Waals surface area contributed by atoms with Crippen molar-refractivity contribution in [1.29, 1.82) is 0 Å². The minimum absolute atomic E-state index is 0.0322. The fourth-order valence-electron chi connectivity index (χ4n) is 3.48. The van der Waals surface area contributed by atoms with Crippen molar-refractivity contribution in [3.05, 3.63) is 75.8 Å². The quantitative estimate of drug-likeness (QED) is 0.716. The topological polar surface area (TPSA) is 75.3 Å². The summed E-state index contributed by atoms with van der Waals surface area (Å²) in [5.41, 5.74) is -0.0562. The van der Waals surface area contributed by atoms with Crippen LogP contribution in [0.5, 0.6) is 0 Å². The molecular formula is C21H19F2N3O3. The molecule has 1 N–H and O–H groups in total. The third-order valence-electron chi connectivity index (χ3n) is 4.90. The van der Waals surface area contributed by atoms with Gasteiger partial charge in [-0.15, -0.1) is 0 Å². The minimum Gasteiger partial charge on any atom is -0.376 e. The number of ether oxygens (including phenoxy) is 1. The molecule has 0 spiro atoms. The predicted octanol–water partition coefficient (Wildman–Crippen LogP) is 3.02. The van der Waals surface area contributed by atoms with Crippen molar-refractivity contribution >= 4 is 16.8 Å². The smallest absolute Gasteiger partial charge is 0.258 e. The molecule has 8 heteroatoms. The number of para-hydroxylation sites is 1. The lowest BCUT2D eigenvalue weighted by Crippen LogP contribution is -2.38. The Labute approximate surface area is 165 Å². The van der Waals surface area contributed by atoms with Crippen molar-refractivity contribution in [2.24, 2.45) is 0 Å². The Morgan fingerprint density at radius 1 is 1.24 bits per heavy atom. The van der Waals surface area contributed by atoms with Crippen molar-refractivity contribution in [3.63, 3.8) is 0 Å². The predicted molar refractivity (Wildman–Crippen MR) is 102 cm³/mol. The Morgan fingerprint density at radius 3 is 2.83 bits per heavy atom. The number of rotatable bonds is 5. The summed E-state index contributed by atoms with van der Waals surface area (Å²) in [5.74, 6) is -2.03. The normalized spacial score (nSPS) is 16.3. The van der Waals surface area contributed by atoms with Crippen LogP contribution < -0.4 is 5.56 Å². The van der Waals surface area contributed by atoms with Crippen molar-refractivity contribution in [3.8, 4) is 0 Å². The Hall–Kier alpha value is -3.13. The fourth-order valence-corrected chi connectivity index (χ4v) is 3.48. The van der Waals surface area contributed by atoms with E-state index in [1.807, 2.05) is 0 Å².